The number of rotatable bonds is 8. The molecule has 1 atom stereocenters. The van der Waals surface area contributed by atoms with Crippen LogP contribution in [0.2, 0.25) is 0 Å². The number of hydrazone groups is 1. The Bertz CT molecular complexity index is 854. The molecule has 2 amide bonds. The average molecular weight is 384 g/mol. The normalized spacial score (nSPS) is 11.6. The number of carbonyl (C=O) groups is 2. The monoisotopic (exact) mass is 384 g/mol. The molecule has 0 aliphatic carbocycles. The summed E-state index contributed by atoms with van der Waals surface area (Å²) in [6.07, 6.45) is 0.827. The molecule has 0 bridgehead atoms. The molecule has 0 spiro atoms. The minimum atomic E-state index is -0.899. The van der Waals surface area contributed by atoms with Crippen molar-refractivity contribution in [2.45, 2.75) is 19.4 Å². The lowest BCUT2D eigenvalue weighted by molar-refractivity contribution is -0.384. The van der Waals surface area contributed by atoms with E-state index in [-0.39, 0.29) is 18.7 Å². The molecule has 0 saturated carbocycles. The lowest BCUT2D eigenvalue weighted by atomic mass is 10.1. The van der Waals surface area contributed by atoms with Crippen LogP contribution in [0.4, 0.5) is 10.5 Å². The van der Waals surface area contributed by atoms with E-state index in [1.807, 2.05) is 30.3 Å². The maximum Gasteiger partial charge on any atom is 0.407 e. The number of carbonyl (C=O) groups excluding carboxylic acids is 2. The molecule has 9 nitrogen and oxygen atoms in total. The van der Waals surface area contributed by atoms with Crippen LogP contribution in [0.25, 0.3) is 0 Å². The van der Waals surface area contributed by atoms with Crippen molar-refractivity contribution in [3.05, 3.63) is 75.8 Å². The molecule has 0 fully saturated rings. The fourth-order valence-corrected chi connectivity index (χ4v) is 2.34. The lowest BCUT2D eigenvalue weighted by Crippen LogP contribution is -2.47. The number of benzene rings is 2. The van der Waals surface area contributed by atoms with Gasteiger partial charge in [0.25, 0.3) is 11.6 Å². The second-order valence-electron chi connectivity index (χ2n) is 5.69. The Labute approximate surface area is 161 Å². The predicted molar refractivity (Wildman–Crippen MR) is 103 cm³/mol. The summed E-state index contributed by atoms with van der Waals surface area (Å²) in [6.45, 7) is 1.84. The Kier molecular flexibility index (Phi) is 7.64. The van der Waals surface area contributed by atoms with Crippen molar-refractivity contribution in [3.8, 4) is 0 Å². The highest BCUT2D eigenvalue weighted by molar-refractivity contribution is 5.87. The number of nitro benzene ring substituents is 1. The maximum atomic E-state index is 12.4. The summed E-state index contributed by atoms with van der Waals surface area (Å²) in [6, 6.07) is 14.1. The van der Waals surface area contributed by atoms with Crippen LogP contribution in [-0.2, 0) is 16.0 Å². The summed E-state index contributed by atoms with van der Waals surface area (Å²) in [5.41, 5.74) is 3.56. The Morgan fingerprint density at radius 3 is 2.64 bits per heavy atom. The van der Waals surface area contributed by atoms with Crippen LogP contribution >= 0.6 is 0 Å². The first-order valence-corrected chi connectivity index (χ1v) is 8.54. The van der Waals surface area contributed by atoms with E-state index >= 15 is 0 Å². The highest BCUT2D eigenvalue weighted by Gasteiger charge is 2.21. The molecule has 146 valence electrons. The van der Waals surface area contributed by atoms with Gasteiger partial charge in [-0.3, -0.25) is 14.9 Å². The molecule has 0 aromatic heterocycles. The third kappa shape index (κ3) is 6.52. The standard InChI is InChI=1S/C19H20N4O5/c1-2-28-19(25)21-17(12-14-7-4-3-5-8-14)18(24)22-20-13-15-9-6-10-16(11-15)23(26)27/h3-11,13,17H,2,12H2,1H3,(H,21,25)(H,22,24)/b20-13-/t17-/m0/s1. The van der Waals surface area contributed by atoms with Gasteiger partial charge < -0.3 is 10.1 Å². The van der Waals surface area contributed by atoms with E-state index in [9.17, 15) is 19.7 Å². The Morgan fingerprint density at radius 1 is 1.21 bits per heavy atom. The van der Waals surface area contributed by atoms with Crippen molar-refractivity contribution >= 4 is 23.9 Å². The number of hydrogen-bond acceptors (Lipinski definition) is 6. The van der Waals surface area contributed by atoms with Gasteiger partial charge in [-0.15, -0.1) is 0 Å². The zero-order chi connectivity index (χ0) is 20.4. The fraction of sp³-hybridized carbons (Fsp3) is 0.211. The summed E-state index contributed by atoms with van der Waals surface area (Å²) in [5, 5.41) is 17.1. The van der Waals surface area contributed by atoms with E-state index in [2.05, 4.69) is 15.8 Å². The van der Waals surface area contributed by atoms with Gasteiger partial charge in [-0.2, -0.15) is 5.10 Å². The number of nitro groups is 1. The van der Waals surface area contributed by atoms with Crippen molar-refractivity contribution in [3.63, 3.8) is 0 Å². The second-order valence-corrected chi connectivity index (χ2v) is 5.69. The molecule has 0 aliphatic heterocycles. The van der Waals surface area contributed by atoms with Crippen molar-refractivity contribution in [2.75, 3.05) is 6.61 Å². The lowest BCUT2D eigenvalue weighted by Gasteiger charge is -2.16. The summed E-state index contributed by atoms with van der Waals surface area (Å²) in [7, 11) is 0. The van der Waals surface area contributed by atoms with Gasteiger partial charge in [0.05, 0.1) is 17.7 Å². The third-order valence-electron chi connectivity index (χ3n) is 3.64. The van der Waals surface area contributed by atoms with Crippen LogP contribution in [0.5, 0.6) is 0 Å². The average Bonchev–Trinajstić information content (AvgIpc) is 2.68. The minimum absolute atomic E-state index is 0.0822. The molecule has 2 N–H and O–H groups in total. The highest BCUT2D eigenvalue weighted by Crippen LogP contribution is 2.11. The number of alkyl carbamates (subject to hydrolysis) is 1. The van der Waals surface area contributed by atoms with Crippen molar-refractivity contribution < 1.29 is 19.2 Å². The fourth-order valence-electron chi connectivity index (χ4n) is 2.34. The predicted octanol–water partition coefficient (Wildman–Crippen LogP) is 2.40. The number of non-ortho nitro benzene ring substituents is 1. The molecule has 0 unspecified atom stereocenters. The first kappa shape index (κ1) is 20.6. The summed E-state index contributed by atoms with van der Waals surface area (Å²) >= 11 is 0. The molecule has 28 heavy (non-hydrogen) atoms. The summed E-state index contributed by atoms with van der Waals surface area (Å²) < 4.78 is 4.84. The van der Waals surface area contributed by atoms with Crippen molar-refractivity contribution in [1.82, 2.24) is 10.7 Å². The molecular formula is C19H20N4O5. The molecule has 9 heteroatoms. The zero-order valence-electron chi connectivity index (χ0n) is 15.2. The number of nitrogens with zero attached hydrogens (tertiary/aromatic N) is 2. The number of hydrogen-bond donors (Lipinski definition) is 2. The molecule has 0 heterocycles. The minimum Gasteiger partial charge on any atom is -0.450 e. The van der Waals surface area contributed by atoms with Gasteiger partial charge in [0, 0.05) is 24.1 Å². The van der Waals surface area contributed by atoms with Gasteiger partial charge >= 0.3 is 6.09 Å². The topological polar surface area (TPSA) is 123 Å². The van der Waals surface area contributed by atoms with Gasteiger partial charge in [-0.25, -0.2) is 10.2 Å². The molecule has 0 aliphatic rings. The zero-order valence-corrected chi connectivity index (χ0v) is 15.2. The highest BCUT2D eigenvalue weighted by atomic mass is 16.6. The van der Waals surface area contributed by atoms with E-state index in [4.69, 9.17) is 4.74 Å². The van der Waals surface area contributed by atoms with E-state index in [1.54, 1.807) is 13.0 Å². The Hall–Kier alpha value is -3.75. The molecule has 0 saturated heterocycles. The Morgan fingerprint density at radius 2 is 1.96 bits per heavy atom. The quantitative estimate of drug-likeness (QED) is 0.411. The summed E-state index contributed by atoms with van der Waals surface area (Å²) in [5.74, 6) is -0.543. The van der Waals surface area contributed by atoms with Crippen molar-refractivity contribution in [1.29, 1.82) is 0 Å². The molecular weight excluding hydrogens is 364 g/mol. The van der Waals surface area contributed by atoms with Crippen LogP contribution < -0.4 is 10.7 Å². The van der Waals surface area contributed by atoms with Gasteiger partial charge in [-0.1, -0.05) is 42.5 Å². The van der Waals surface area contributed by atoms with Gasteiger partial charge in [0.15, 0.2) is 0 Å². The summed E-state index contributed by atoms with van der Waals surface area (Å²) in [4.78, 5) is 34.5. The second kappa shape index (κ2) is 10.4. The van der Waals surface area contributed by atoms with Gasteiger partial charge in [-0.05, 0) is 12.5 Å². The molecule has 0 radical (unpaired) electrons. The number of amides is 2. The van der Waals surface area contributed by atoms with E-state index in [0.717, 1.165) is 5.56 Å². The van der Waals surface area contributed by atoms with E-state index in [1.165, 1.54) is 24.4 Å². The molecule has 2 rings (SSSR count). The largest absolute Gasteiger partial charge is 0.450 e. The van der Waals surface area contributed by atoms with E-state index < -0.39 is 23.0 Å². The van der Waals surface area contributed by atoms with Crippen LogP contribution in [0.1, 0.15) is 18.1 Å². The van der Waals surface area contributed by atoms with Crippen LogP contribution in [-0.4, -0.2) is 35.8 Å². The molecule has 2 aromatic rings. The Balaban J connectivity index is 2.05. The van der Waals surface area contributed by atoms with Crippen LogP contribution in [0, 0.1) is 10.1 Å². The SMILES string of the molecule is CCOC(=O)N[C@@H](Cc1ccccc1)C(=O)N/N=C\c1cccc([N+](=O)[O-])c1. The van der Waals surface area contributed by atoms with Gasteiger partial charge in [0.2, 0.25) is 0 Å². The third-order valence-corrected chi connectivity index (χ3v) is 3.64. The van der Waals surface area contributed by atoms with E-state index in [0.29, 0.717) is 5.56 Å². The number of ether oxygens (including phenoxy) is 1. The van der Waals surface area contributed by atoms with Gasteiger partial charge in [0.1, 0.15) is 6.04 Å². The first-order chi connectivity index (χ1) is 13.5. The molecule has 2 aromatic carbocycles. The van der Waals surface area contributed by atoms with Crippen LogP contribution in [0.3, 0.4) is 0 Å². The smallest absolute Gasteiger partial charge is 0.407 e. The van der Waals surface area contributed by atoms with Crippen molar-refractivity contribution in [2.24, 2.45) is 5.10 Å². The number of nitrogens with one attached hydrogen (secondary N) is 2. The van der Waals surface area contributed by atoms with Crippen LogP contribution in [0.15, 0.2) is 59.7 Å². The maximum absolute atomic E-state index is 12.4. The first-order valence-electron chi connectivity index (χ1n) is 8.54.